The van der Waals surface area contributed by atoms with Crippen molar-refractivity contribution in [2.75, 3.05) is 7.05 Å². The Morgan fingerprint density at radius 3 is 2.71 bits per heavy atom. The molecule has 0 atom stereocenters. The molecule has 2 aromatic rings. The number of alkyl halides is 3. The van der Waals surface area contributed by atoms with Crippen LogP contribution in [0.2, 0.25) is 0 Å². The molecule has 0 radical (unpaired) electrons. The molecule has 1 fully saturated rings. The molecule has 0 aliphatic heterocycles. The summed E-state index contributed by atoms with van der Waals surface area (Å²) in [4.78, 5) is 4.14. The molecule has 3 rings (SSSR count). The Labute approximate surface area is 137 Å². The molecule has 0 spiro atoms. The van der Waals surface area contributed by atoms with Crippen molar-refractivity contribution in [2.45, 2.75) is 44.4 Å². The van der Waals surface area contributed by atoms with E-state index in [4.69, 9.17) is 0 Å². The molecule has 1 saturated carbocycles. The predicted octanol–water partition coefficient (Wildman–Crippen LogP) is 2.36. The Kier molecular flexibility index (Phi) is 4.59. The molecule has 1 aliphatic rings. The number of guanidine groups is 1. The van der Waals surface area contributed by atoms with E-state index < -0.39 is 11.7 Å². The van der Waals surface area contributed by atoms with Crippen molar-refractivity contribution in [2.24, 2.45) is 4.99 Å². The number of rotatable bonds is 3. The first-order chi connectivity index (χ1) is 11.5. The van der Waals surface area contributed by atoms with Gasteiger partial charge in [0.2, 0.25) is 0 Å². The van der Waals surface area contributed by atoms with Gasteiger partial charge in [0, 0.05) is 19.3 Å². The minimum atomic E-state index is -4.40. The molecule has 2 heterocycles. The van der Waals surface area contributed by atoms with Crippen LogP contribution in [0.15, 0.2) is 23.3 Å². The van der Waals surface area contributed by atoms with E-state index in [1.807, 2.05) is 0 Å². The second kappa shape index (κ2) is 6.66. The van der Waals surface area contributed by atoms with Crippen LogP contribution in [-0.2, 0) is 12.7 Å². The summed E-state index contributed by atoms with van der Waals surface area (Å²) in [5, 5.41) is 14.2. The van der Waals surface area contributed by atoms with Gasteiger partial charge in [-0.1, -0.05) is 12.8 Å². The number of hydrogen-bond acceptors (Lipinski definition) is 3. The first-order valence-corrected chi connectivity index (χ1v) is 7.85. The summed E-state index contributed by atoms with van der Waals surface area (Å²) < 4.78 is 39.9. The Hall–Kier alpha value is -2.32. The second-order valence-electron chi connectivity index (χ2n) is 5.81. The van der Waals surface area contributed by atoms with E-state index in [1.54, 1.807) is 7.05 Å². The zero-order chi connectivity index (χ0) is 17.2. The fourth-order valence-electron chi connectivity index (χ4n) is 2.85. The van der Waals surface area contributed by atoms with Crippen molar-refractivity contribution in [1.82, 2.24) is 25.2 Å². The lowest BCUT2D eigenvalue weighted by molar-refractivity contribution is -0.137. The molecule has 0 amide bonds. The summed E-state index contributed by atoms with van der Waals surface area (Å²) in [6, 6.07) is 2.70. The van der Waals surface area contributed by atoms with Gasteiger partial charge in [-0.05, 0) is 25.0 Å². The van der Waals surface area contributed by atoms with Crippen molar-refractivity contribution < 1.29 is 13.2 Å². The van der Waals surface area contributed by atoms with E-state index in [-0.39, 0.29) is 6.54 Å². The van der Waals surface area contributed by atoms with Crippen molar-refractivity contribution in [3.63, 3.8) is 0 Å². The lowest BCUT2D eigenvalue weighted by Gasteiger charge is -2.16. The molecule has 24 heavy (non-hydrogen) atoms. The van der Waals surface area contributed by atoms with Gasteiger partial charge in [0.1, 0.15) is 0 Å². The highest BCUT2D eigenvalue weighted by molar-refractivity contribution is 5.79. The SMILES string of the molecule is CN=C(NCc1nnc2ccc(C(F)(F)F)cn12)NC1CCCC1. The van der Waals surface area contributed by atoms with Gasteiger partial charge >= 0.3 is 6.18 Å². The van der Waals surface area contributed by atoms with Gasteiger partial charge in [-0.15, -0.1) is 10.2 Å². The minimum absolute atomic E-state index is 0.231. The number of aromatic nitrogens is 3. The molecule has 0 aromatic carbocycles. The third-order valence-corrected chi connectivity index (χ3v) is 4.13. The summed E-state index contributed by atoms with van der Waals surface area (Å²) in [5.41, 5.74) is -0.358. The summed E-state index contributed by atoms with van der Waals surface area (Å²) in [5.74, 6) is 1.01. The second-order valence-corrected chi connectivity index (χ2v) is 5.81. The van der Waals surface area contributed by atoms with Gasteiger partial charge in [0.05, 0.1) is 12.1 Å². The average molecular weight is 340 g/mol. The van der Waals surface area contributed by atoms with Gasteiger partial charge in [-0.25, -0.2) is 0 Å². The smallest absolute Gasteiger partial charge is 0.354 e. The standard InChI is InChI=1S/C15H19F3N6/c1-19-14(21-11-4-2-3-5-11)20-8-13-23-22-12-7-6-10(9-24(12)13)15(16,17)18/h6-7,9,11H,2-5,8H2,1H3,(H2,19,20,21). The van der Waals surface area contributed by atoms with E-state index in [0.29, 0.717) is 23.5 Å². The fraction of sp³-hybridized carbons (Fsp3) is 0.533. The summed E-state index contributed by atoms with van der Waals surface area (Å²) in [7, 11) is 1.66. The van der Waals surface area contributed by atoms with Crippen LogP contribution in [0.3, 0.4) is 0 Å². The van der Waals surface area contributed by atoms with Crippen LogP contribution in [0.4, 0.5) is 13.2 Å². The van der Waals surface area contributed by atoms with Crippen LogP contribution in [0.25, 0.3) is 5.65 Å². The van der Waals surface area contributed by atoms with Crippen LogP contribution in [0.5, 0.6) is 0 Å². The quantitative estimate of drug-likeness (QED) is 0.665. The zero-order valence-corrected chi connectivity index (χ0v) is 13.3. The number of nitrogens with zero attached hydrogens (tertiary/aromatic N) is 4. The van der Waals surface area contributed by atoms with Gasteiger partial charge < -0.3 is 10.6 Å². The highest BCUT2D eigenvalue weighted by atomic mass is 19.4. The molecule has 2 aromatic heterocycles. The predicted molar refractivity (Wildman–Crippen MR) is 83.6 cm³/mol. The van der Waals surface area contributed by atoms with Crippen LogP contribution in [0.1, 0.15) is 37.1 Å². The fourth-order valence-corrected chi connectivity index (χ4v) is 2.85. The highest BCUT2D eigenvalue weighted by Gasteiger charge is 2.31. The number of halogens is 3. The van der Waals surface area contributed by atoms with Gasteiger partial charge in [0.15, 0.2) is 17.4 Å². The van der Waals surface area contributed by atoms with Crippen LogP contribution >= 0.6 is 0 Å². The monoisotopic (exact) mass is 340 g/mol. The normalized spacial score (nSPS) is 16.8. The van der Waals surface area contributed by atoms with E-state index in [9.17, 15) is 13.2 Å². The van der Waals surface area contributed by atoms with Crippen molar-refractivity contribution in [1.29, 1.82) is 0 Å². The third-order valence-electron chi connectivity index (χ3n) is 4.13. The van der Waals surface area contributed by atoms with Gasteiger partial charge in [0.25, 0.3) is 0 Å². The number of hydrogen-bond donors (Lipinski definition) is 2. The van der Waals surface area contributed by atoms with Gasteiger partial charge in [-0.3, -0.25) is 9.39 Å². The average Bonchev–Trinajstić information content (AvgIpc) is 3.19. The maximum absolute atomic E-state index is 12.9. The van der Waals surface area contributed by atoms with Crippen molar-refractivity contribution in [3.8, 4) is 0 Å². The molecule has 0 saturated heterocycles. The minimum Gasteiger partial charge on any atom is -0.354 e. The maximum atomic E-state index is 12.9. The maximum Gasteiger partial charge on any atom is 0.417 e. The highest BCUT2D eigenvalue weighted by Crippen LogP contribution is 2.29. The molecule has 0 unspecified atom stereocenters. The largest absolute Gasteiger partial charge is 0.417 e. The van der Waals surface area contributed by atoms with E-state index in [0.717, 1.165) is 25.1 Å². The van der Waals surface area contributed by atoms with Crippen molar-refractivity contribution in [3.05, 3.63) is 29.7 Å². The topological polar surface area (TPSA) is 66.6 Å². The molecule has 130 valence electrons. The summed E-state index contributed by atoms with van der Waals surface area (Å²) >= 11 is 0. The van der Waals surface area contributed by atoms with E-state index >= 15 is 0 Å². The molecule has 0 bridgehead atoms. The zero-order valence-electron chi connectivity index (χ0n) is 13.3. The van der Waals surface area contributed by atoms with Crippen LogP contribution < -0.4 is 10.6 Å². The Bertz CT molecular complexity index is 730. The lowest BCUT2D eigenvalue weighted by atomic mass is 10.2. The van der Waals surface area contributed by atoms with Gasteiger partial charge in [-0.2, -0.15) is 13.2 Å². The molecular weight excluding hydrogens is 321 g/mol. The number of nitrogens with one attached hydrogen (secondary N) is 2. The van der Waals surface area contributed by atoms with Crippen LogP contribution in [0, 0.1) is 0 Å². The number of fused-ring (bicyclic) bond motifs is 1. The van der Waals surface area contributed by atoms with E-state index in [1.165, 1.54) is 23.3 Å². The summed E-state index contributed by atoms with van der Waals surface area (Å²) in [6.45, 7) is 0.231. The molecule has 2 N–H and O–H groups in total. The first-order valence-electron chi connectivity index (χ1n) is 7.85. The number of aliphatic imine (C=N–C) groups is 1. The summed E-state index contributed by atoms with van der Waals surface area (Å²) in [6.07, 6.45) is 1.21. The molecule has 9 heteroatoms. The Morgan fingerprint density at radius 2 is 2.04 bits per heavy atom. The lowest BCUT2D eigenvalue weighted by Crippen LogP contribution is -2.42. The Morgan fingerprint density at radius 1 is 1.29 bits per heavy atom. The van der Waals surface area contributed by atoms with Crippen LogP contribution in [-0.4, -0.2) is 33.6 Å². The molecular formula is C15H19F3N6. The number of pyridine rings is 1. The first kappa shape index (κ1) is 16.5. The molecule has 1 aliphatic carbocycles. The van der Waals surface area contributed by atoms with E-state index in [2.05, 4.69) is 25.8 Å². The Balaban J connectivity index is 1.72. The molecule has 6 nitrogen and oxygen atoms in total. The van der Waals surface area contributed by atoms with Crippen molar-refractivity contribution >= 4 is 11.6 Å². The third kappa shape index (κ3) is 3.60.